The van der Waals surface area contributed by atoms with E-state index < -0.39 is 0 Å². The van der Waals surface area contributed by atoms with Crippen molar-refractivity contribution in [2.45, 2.75) is 52.7 Å². The van der Waals surface area contributed by atoms with E-state index in [0.29, 0.717) is 39.6 Å². The Balaban J connectivity index is 3.27. The molecule has 0 aliphatic heterocycles. The fourth-order valence-electron chi connectivity index (χ4n) is 1.10. The Labute approximate surface area is 124 Å². The molecule has 0 unspecified atom stereocenters. The van der Waals surface area contributed by atoms with Crippen LogP contribution in [0.25, 0.3) is 0 Å². The fraction of sp³-hybridized carbons (Fsp3) is 0.875. The summed E-state index contributed by atoms with van der Waals surface area (Å²) in [7, 11) is 0. The molecule has 0 heterocycles. The molecule has 0 amide bonds. The quantitative estimate of drug-likeness (QED) is 0.508. The second-order valence-electron chi connectivity index (χ2n) is 6.38. The van der Waals surface area contributed by atoms with Crippen molar-refractivity contribution < 1.29 is 18.9 Å². The zero-order chi connectivity index (χ0) is 15.5. The summed E-state index contributed by atoms with van der Waals surface area (Å²) in [6.07, 6.45) is 0. The standard InChI is InChI=1S/C16H30O4/c1-15(2,3)19-10-8-7-9-17-11-12-18-13-14-20-16(4,5)6/h9-14H2,1-6H3. The molecule has 0 aromatic rings. The minimum Gasteiger partial charge on any atom is -0.377 e. The zero-order valence-electron chi connectivity index (χ0n) is 13.9. The third-order valence-electron chi connectivity index (χ3n) is 2.01. The van der Waals surface area contributed by atoms with Gasteiger partial charge in [-0.3, -0.25) is 0 Å². The lowest BCUT2D eigenvalue weighted by atomic mass is 10.2. The summed E-state index contributed by atoms with van der Waals surface area (Å²) in [6, 6.07) is 0. The summed E-state index contributed by atoms with van der Waals surface area (Å²) in [4.78, 5) is 0. The smallest absolute Gasteiger partial charge is 0.108 e. The minimum atomic E-state index is -0.140. The van der Waals surface area contributed by atoms with Crippen LogP contribution in [0, 0.1) is 11.8 Å². The van der Waals surface area contributed by atoms with Crippen LogP contribution in [0.1, 0.15) is 41.5 Å². The molecule has 0 aliphatic carbocycles. The number of hydrogen-bond donors (Lipinski definition) is 0. The molecule has 0 spiro atoms. The van der Waals surface area contributed by atoms with E-state index in [2.05, 4.69) is 11.8 Å². The van der Waals surface area contributed by atoms with Crippen LogP contribution in [0.4, 0.5) is 0 Å². The van der Waals surface area contributed by atoms with Gasteiger partial charge < -0.3 is 18.9 Å². The second kappa shape index (κ2) is 10.2. The normalized spacial score (nSPS) is 12.1. The molecule has 0 saturated heterocycles. The van der Waals surface area contributed by atoms with Crippen LogP contribution in [0.5, 0.6) is 0 Å². The van der Waals surface area contributed by atoms with Crippen LogP contribution < -0.4 is 0 Å². The molecular formula is C16H30O4. The van der Waals surface area contributed by atoms with Gasteiger partial charge in [0.1, 0.15) is 13.2 Å². The lowest BCUT2D eigenvalue weighted by molar-refractivity contribution is -0.0412. The molecule has 118 valence electrons. The van der Waals surface area contributed by atoms with Gasteiger partial charge in [-0.15, -0.1) is 0 Å². The first-order valence-electron chi connectivity index (χ1n) is 7.10. The first-order chi connectivity index (χ1) is 9.21. The largest absolute Gasteiger partial charge is 0.377 e. The Morgan fingerprint density at radius 2 is 1.10 bits per heavy atom. The van der Waals surface area contributed by atoms with Crippen molar-refractivity contribution in [3.8, 4) is 11.8 Å². The van der Waals surface area contributed by atoms with Gasteiger partial charge in [-0.1, -0.05) is 11.8 Å². The van der Waals surface area contributed by atoms with E-state index in [1.807, 2.05) is 41.5 Å². The van der Waals surface area contributed by atoms with Gasteiger partial charge in [-0.05, 0) is 41.5 Å². The highest BCUT2D eigenvalue weighted by molar-refractivity contribution is 4.99. The number of hydrogen-bond acceptors (Lipinski definition) is 4. The van der Waals surface area contributed by atoms with Crippen molar-refractivity contribution in [3.05, 3.63) is 0 Å². The Hall–Kier alpha value is -0.600. The molecule has 0 aromatic carbocycles. The first-order valence-corrected chi connectivity index (χ1v) is 7.10. The summed E-state index contributed by atoms with van der Waals surface area (Å²) in [5.41, 5.74) is -0.247. The molecule has 0 atom stereocenters. The van der Waals surface area contributed by atoms with Crippen LogP contribution in [-0.4, -0.2) is 50.8 Å². The van der Waals surface area contributed by atoms with Crippen molar-refractivity contribution >= 4 is 0 Å². The summed E-state index contributed by atoms with van der Waals surface area (Å²) in [6.45, 7) is 15.2. The molecule has 4 nitrogen and oxygen atoms in total. The molecule has 0 saturated carbocycles. The summed E-state index contributed by atoms with van der Waals surface area (Å²) in [5.74, 6) is 5.81. The van der Waals surface area contributed by atoms with Gasteiger partial charge in [-0.25, -0.2) is 0 Å². The maximum atomic E-state index is 5.53. The molecule has 0 rings (SSSR count). The van der Waals surface area contributed by atoms with Gasteiger partial charge in [-0.2, -0.15) is 0 Å². The van der Waals surface area contributed by atoms with Crippen LogP contribution in [0.3, 0.4) is 0 Å². The third kappa shape index (κ3) is 17.4. The van der Waals surface area contributed by atoms with Crippen molar-refractivity contribution in [1.29, 1.82) is 0 Å². The predicted octanol–water partition coefficient (Wildman–Crippen LogP) is 2.65. The summed E-state index contributed by atoms with van der Waals surface area (Å²) < 4.78 is 21.7. The van der Waals surface area contributed by atoms with E-state index in [1.165, 1.54) is 0 Å². The molecule has 0 aliphatic rings. The van der Waals surface area contributed by atoms with Crippen molar-refractivity contribution in [1.82, 2.24) is 0 Å². The minimum absolute atomic E-state index is 0.107. The fourth-order valence-corrected chi connectivity index (χ4v) is 1.10. The maximum absolute atomic E-state index is 5.53. The first kappa shape index (κ1) is 19.4. The Morgan fingerprint density at radius 1 is 0.600 bits per heavy atom. The molecule has 0 radical (unpaired) electrons. The lowest BCUT2D eigenvalue weighted by Gasteiger charge is -2.19. The molecule has 0 aromatic heterocycles. The van der Waals surface area contributed by atoms with E-state index in [9.17, 15) is 0 Å². The van der Waals surface area contributed by atoms with E-state index >= 15 is 0 Å². The highest BCUT2D eigenvalue weighted by Crippen LogP contribution is 2.05. The number of rotatable bonds is 8. The molecule has 0 N–H and O–H groups in total. The van der Waals surface area contributed by atoms with E-state index in [4.69, 9.17) is 18.9 Å². The summed E-state index contributed by atoms with van der Waals surface area (Å²) in [5, 5.41) is 0. The maximum Gasteiger partial charge on any atom is 0.108 e. The van der Waals surface area contributed by atoms with Gasteiger partial charge in [0, 0.05) is 0 Å². The topological polar surface area (TPSA) is 36.9 Å². The van der Waals surface area contributed by atoms with Crippen LogP contribution in [0.15, 0.2) is 0 Å². The van der Waals surface area contributed by atoms with Crippen molar-refractivity contribution in [2.75, 3.05) is 39.6 Å². The SMILES string of the molecule is CC(C)(C)OCC#CCOCCOCCOC(C)(C)C. The van der Waals surface area contributed by atoms with E-state index in [0.717, 1.165) is 0 Å². The van der Waals surface area contributed by atoms with Gasteiger partial charge in [0.05, 0.1) is 37.6 Å². The lowest BCUT2D eigenvalue weighted by Crippen LogP contribution is -2.22. The Morgan fingerprint density at radius 3 is 1.70 bits per heavy atom. The summed E-state index contributed by atoms with van der Waals surface area (Å²) >= 11 is 0. The highest BCUT2D eigenvalue weighted by atomic mass is 16.5. The molecule has 0 bridgehead atoms. The molecule has 20 heavy (non-hydrogen) atoms. The zero-order valence-corrected chi connectivity index (χ0v) is 13.9. The van der Waals surface area contributed by atoms with E-state index in [-0.39, 0.29) is 11.2 Å². The average Bonchev–Trinajstić information content (AvgIpc) is 2.27. The van der Waals surface area contributed by atoms with Crippen molar-refractivity contribution in [3.63, 3.8) is 0 Å². The highest BCUT2D eigenvalue weighted by Gasteiger charge is 2.09. The van der Waals surface area contributed by atoms with E-state index in [1.54, 1.807) is 0 Å². The van der Waals surface area contributed by atoms with Gasteiger partial charge >= 0.3 is 0 Å². The Bertz CT molecular complexity index is 288. The van der Waals surface area contributed by atoms with Gasteiger partial charge in [0.2, 0.25) is 0 Å². The van der Waals surface area contributed by atoms with Gasteiger partial charge in [0.25, 0.3) is 0 Å². The third-order valence-corrected chi connectivity index (χ3v) is 2.01. The molecule has 0 fully saturated rings. The average molecular weight is 286 g/mol. The Kier molecular flexibility index (Phi) is 9.87. The van der Waals surface area contributed by atoms with Crippen LogP contribution >= 0.6 is 0 Å². The number of ether oxygens (including phenoxy) is 4. The molecular weight excluding hydrogens is 256 g/mol. The van der Waals surface area contributed by atoms with Crippen molar-refractivity contribution in [2.24, 2.45) is 0 Å². The molecule has 4 heteroatoms. The monoisotopic (exact) mass is 286 g/mol. The van der Waals surface area contributed by atoms with Gasteiger partial charge in [0.15, 0.2) is 0 Å². The van der Waals surface area contributed by atoms with Crippen LogP contribution in [-0.2, 0) is 18.9 Å². The van der Waals surface area contributed by atoms with Crippen LogP contribution in [0.2, 0.25) is 0 Å². The second-order valence-corrected chi connectivity index (χ2v) is 6.38. The predicted molar refractivity (Wildman–Crippen MR) is 80.8 cm³/mol.